The molecule has 1 saturated carbocycles. The number of halogens is 2. The molecule has 3 fully saturated rings. The van der Waals surface area contributed by atoms with Gasteiger partial charge in [-0.3, -0.25) is 0 Å². The van der Waals surface area contributed by atoms with Crippen molar-refractivity contribution < 1.29 is 33.8 Å². The van der Waals surface area contributed by atoms with Gasteiger partial charge in [-0.25, -0.2) is 0 Å². The minimum atomic E-state index is 0. The van der Waals surface area contributed by atoms with Gasteiger partial charge in [0.25, 0.3) is 0 Å². The highest BCUT2D eigenvalue weighted by Gasteiger charge is 2.43. The molecule has 0 aromatic rings. The fourth-order valence-corrected chi connectivity index (χ4v) is 5.15. The first-order chi connectivity index (χ1) is 8.62. The Hall–Kier alpha value is 0.500. The fourth-order valence-electron chi connectivity index (χ4n) is 5.15. The summed E-state index contributed by atoms with van der Waals surface area (Å²) < 4.78 is 2.83. The number of nitrogens with zero attached hydrogens (tertiary/aromatic N) is 2. The Kier molecular flexibility index (Phi) is 6.65. The zero-order valence-corrected chi connectivity index (χ0v) is 14.8. The molecule has 0 N–H and O–H groups in total. The van der Waals surface area contributed by atoms with Gasteiger partial charge in [0.15, 0.2) is 0 Å². The van der Waals surface area contributed by atoms with Crippen LogP contribution in [0.3, 0.4) is 0 Å². The molecule has 1 aliphatic carbocycles. The van der Waals surface area contributed by atoms with Gasteiger partial charge in [0.1, 0.15) is 0 Å². The smallest absolute Gasteiger partial charge is 0.0892 e. The van der Waals surface area contributed by atoms with E-state index in [-0.39, 0.29) is 24.8 Å². The summed E-state index contributed by atoms with van der Waals surface area (Å²) in [7, 11) is 5.06. The summed E-state index contributed by atoms with van der Waals surface area (Å²) in [6.45, 7) is 5.84. The Labute approximate surface area is 137 Å². The van der Waals surface area contributed by atoms with Gasteiger partial charge in [-0.2, -0.15) is 0 Å². The molecule has 0 aromatic carbocycles. The predicted molar refractivity (Wildman–Crippen MR) is 76.3 cm³/mol. The van der Waals surface area contributed by atoms with Crippen LogP contribution in [0.15, 0.2) is 0 Å². The molecule has 2 aliphatic heterocycles. The number of hydrogen-bond donors (Lipinski definition) is 0. The Morgan fingerprint density at radius 3 is 1.05 bits per heavy atom. The Balaban J connectivity index is 0.000001000. The lowest BCUT2D eigenvalue weighted by molar-refractivity contribution is -0.937. The first-order valence-electron chi connectivity index (χ1n) is 8.31. The highest BCUT2D eigenvalue weighted by molar-refractivity contribution is 4.77. The first kappa shape index (κ1) is 18.5. The summed E-state index contributed by atoms with van der Waals surface area (Å²) >= 11 is 0. The summed E-state index contributed by atoms with van der Waals surface area (Å²) in [6.07, 6.45) is 11.9. The molecule has 2 heterocycles. The highest BCUT2D eigenvalue weighted by Crippen LogP contribution is 2.36. The number of hydrogen-bond acceptors (Lipinski definition) is 0. The fraction of sp³-hybridized carbons (Fsp3) is 1.00. The summed E-state index contributed by atoms with van der Waals surface area (Å²) in [5.41, 5.74) is 0. The summed E-state index contributed by atoms with van der Waals surface area (Å²) in [5.74, 6) is 0. The molecular weight excluding hydrogens is 291 g/mol. The van der Waals surface area contributed by atoms with Crippen molar-refractivity contribution in [1.82, 2.24) is 0 Å². The number of quaternary nitrogens is 2. The van der Waals surface area contributed by atoms with Crippen molar-refractivity contribution in [2.75, 3.05) is 40.3 Å². The van der Waals surface area contributed by atoms with Gasteiger partial charge in [0.2, 0.25) is 0 Å². The SMILES string of the molecule is C[N+]1(C2CCC([N+]3(C)CCCC3)CC2)CCCC1.[Cl-].[Cl-]. The maximum atomic E-state index is 2.53. The molecule has 4 heteroatoms. The Morgan fingerprint density at radius 1 is 0.550 bits per heavy atom. The van der Waals surface area contributed by atoms with E-state index in [0.29, 0.717) is 0 Å². The van der Waals surface area contributed by atoms with E-state index in [1.165, 1.54) is 86.5 Å². The van der Waals surface area contributed by atoms with Gasteiger partial charge >= 0.3 is 0 Å². The number of likely N-dealkylation sites (tertiary alicyclic amines) is 2. The van der Waals surface area contributed by atoms with E-state index in [9.17, 15) is 0 Å². The van der Waals surface area contributed by atoms with Crippen LogP contribution in [-0.4, -0.2) is 61.3 Å². The van der Waals surface area contributed by atoms with Crippen molar-refractivity contribution in [2.45, 2.75) is 63.5 Å². The predicted octanol–water partition coefficient (Wildman–Crippen LogP) is -3.21. The molecule has 3 rings (SSSR count). The third-order valence-electron chi connectivity index (χ3n) is 6.61. The third-order valence-corrected chi connectivity index (χ3v) is 6.61. The van der Waals surface area contributed by atoms with Crippen molar-refractivity contribution in [1.29, 1.82) is 0 Å². The van der Waals surface area contributed by atoms with Crippen molar-refractivity contribution in [2.24, 2.45) is 0 Å². The van der Waals surface area contributed by atoms with E-state index < -0.39 is 0 Å². The van der Waals surface area contributed by atoms with Crippen molar-refractivity contribution in [3.8, 4) is 0 Å². The molecule has 0 radical (unpaired) electrons. The van der Waals surface area contributed by atoms with Crippen LogP contribution in [0.2, 0.25) is 0 Å². The number of rotatable bonds is 2. The van der Waals surface area contributed by atoms with Gasteiger partial charge in [0.05, 0.1) is 52.4 Å². The van der Waals surface area contributed by atoms with Crippen LogP contribution in [0.1, 0.15) is 51.4 Å². The quantitative estimate of drug-likeness (QED) is 0.469. The standard InChI is InChI=1S/C16H32N2.2ClH/c1-17(11-3-4-12-17)15-7-9-16(10-8-15)18(2)13-5-6-14-18;;/h15-16H,3-14H2,1-2H3;2*1H/q+2;;/p-2. The third kappa shape index (κ3) is 3.45. The second-order valence-corrected chi connectivity index (χ2v) is 7.73. The molecule has 0 unspecified atom stereocenters. The Morgan fingerprint density at radius 2 is 0.800 bits per heavy atom. The lowest BCUT2D eigenvalue weighted by Crippen LogP contribution is -3.00. The summed E-state index contributed by atoms with van der Waals surface area (Å²) in [4.78, 5) is 0. The average Bonchev–Trinajstić information content (AvgIpc) is 3.01. The van der Waals surface area contributed by atoms with E-state index in [1.54, 1.807) is 0 Å². The lowest BCUT2D eigenvalue weighted by atomic mass is 9.87. The highest BCUT2D eigenvalue weighted by atomic mass is 35.5. The topological polar surface area (TPSA) is 0 Å². The minimum Gasteiger partial charge on any atom is -1.00 e. The van der Waals surface area contributed by atoms with Crippen molar-refractivity contribution in [3.63, 3.8) is 0 Å². The average molecular weight is 323 g/mol. The van der Waals surface area contributed by atoms with Gasteiger partial charge in [-0.05, 0) is 0 Å². The van der Waals surface area contributed by atoms with Crippen molar-refractivity contribution >= 4 is 0 Å². The van der Waals surface area contributed by atoms with Gasteiger partial charge in [0, 0.05) is 51.4 Å². The first-order valence-corrected chi connectivity index (χ1v) is 8.31. The van der Waals surface area contributed by atoms with Crippen LogP contribution in [0.25, 0.3) is 0 Å². The monoisotopic (exact) mass is 322 g/mol. The lowest BCUT2D eigenvalue weighted by Gasteiger charge is -2.46. The summed E-state index contributed by atoms with van der Waals surface area (Å²) in [5, 5.41) is 0. The normalized spacial score (nSPS) is 35.1. The molecule has 0 aromatic heterocycles. The van der Waals surface area contributed by atoms with Crippen LogP contribution < -0.4 is 24.8 Å². The van der Waals surface area contributed by atoms with Crippen LogP contribution in [0, 0.1) is 0 Å². The van der Waals surface area contributed by atoms with Crippen LogP contribution >= 0.6 is 0 Å². The second-order valence-electron chi connectivity index (χ2n) is 7.73. The molecule has 2 saturated heterocycles. The molecule has 2 nitrogen and oxygen atoms in total. The maximum absolute atomic E-state index is 2.53. The molecule has 0 atom stereocenters. The van der Waals surface area contributed by atoms with Crippen LogP contribution in [0.4, 0.5) is 0 Å². The molecule has 0 amide bonds. The van der Waals surface area contributed by atoms with E-state index >= 15 is 0 Å². The van der Waals surface area contributed by atoms with E-state index in [1.807, 2.05) is 0 Å². The van der Waals surface area contributed by atoms with Gasteiger partial charge in [-0.1, -0.05) is 0 Å². The molecule has 0 spiro atoms. The zero-order valence-electron chi connectivity index (χ0n) is 13.3. The largest absolute Gasteiger partial charge is 1.00 e. The van der Waals surface area contributed by atoms with Crippen LogP contribution in [0.5, 0.6) is 0 Å². The summed E-state index contributed by atoms with van der Waals surface area (Å²) in [6, 6.07) is 2.00. The van der Waals surface area contributed by atoms with Gasteiger partial charge < -0.3 is 33.8 Å². The van der Waals surface area contributed by atoms with Crippen LogP contribution in [-0.2, 0) is 0 Å². The van der Waals surface area contributed by atoms with Gasteiger partial charge in [-0.15, -0.1) is 0 Å². The Bertz CT molecular complexity index is 259. The zero-order chi connectivity index (χ0) is 12.6. The van der Waals surface area contributed by atoms with Crippen molar-refractivity contribution in [3.05, 3.63) is 0 Å². The minimum absolute atomic E-state index is 0. The molecule has 120 valence electrons. The van der Waals surface area contributed by atoms with E-state index in [0.717, 1.165) is 12.1 Å². The molecule has 3 aliphatic rings. The van der Waals surface area contributed by atoms with E-state index in [4.69, 9.17) is 0 Å². The molecule has 20 heavy (non-hydrogen) atoms. The maximum Gasteiger partial charge on any atom is 0.0892 e. The van der Waals surface area contributed by atoms with E-state index in [2.05, 4.69) is 14.1 Å². The molecular formula is C16H32Cl2N2. The molecule has 0 bridgehead atoms. The second kappa shape index (κ2) is 7.17.